The van der Waals surface area contributed by atoms with Crippen LogP contribution in [-0.2, 0) is 4.74 Å². The number of ether oxygens (including phenoxy) is 2. The first-order chi connectivity index (χ1) is 13.7. The van der Waals surface area contributed by atoms with E-state index in [1.807, 2.05) is 12.1 Å². The molecule has 1 heterocycles. The van der Waals surface area contributed by atoms with Crippen molar-refractivity contribution in [2.75, 3.05) is 65.0 Å². The van der Waals surface area contributed by atoms with Crippen LogP contribution in [0.15, 0.2) is 29.3 Å². The van der Waals surface area contributed by atoms with Crippen LogP contribution in [0.1, 0.15) is 26.2 Å². The molecular formula is C22H37IN4O2. The maximum Gasteiger partial charge on any atom is 0.193 e. The first-order valence-electron chi connectivity index (χ1n) is 10.7. The van der Waals surface area contributed by atoms with Gasteiger partial charge in [-0.1, -0.05) is 12.1 Å². The molecule has 164 valence electrons. The first kappa shape index (κ1) is 24.1. The van der Waals surface area contributed by atoms with Gasteiger partial charge in [0.2, 0.25) is 0 Å². The molecule has 2 aliphatic rings. The molecular weight excluding hydrogens is 479 g/mol. The van der Waals surface area contributed by atoms with Crippen molar-refractivity contribution in [1.29, 1.82) is 0 Å². The fourth-order valence-electron chi connectivity index (χ4n) is 3.62. The SMILES string of the molecule is CCNC(=NCC1CCN(c2ccccc2OC)C1)N(C)CCOCC1CC1.I. The van der Waals surface area contributed by atoms with Crippen molar-refractivity contribution in [1.82, 2.24) is 10.2 Å². The Morgan fingerprint density at radius 1 is 1.24 bits per heavy atom. The lowest BCUT2D eigenvalue weighted by Crippen LogP contribution is -2.41. The number of hydrogen-bond donors (Lipinski definition) is 1. The molecule has 0 amide bonds. The second-order valence-corrected chi connectivity index (χ2v) is 7.91. The summed E-state index contributed by atoms with van der Waals surface area (Å²) in [6.45, 7) is 8.48. The van der Waals surface area contributed by atoms with E-state index in [0.29, 0.717) is 5.92 Å². The molecule has 1 unspecified atom stereocenters. The number of para-hydroxylation sites is 2. The zero-order chi connectivity index (χ0) is 19.8. The minimum absolute atomic E-state index is 0. The third-order valence-electron chi connectivity index (χ3n) is 5.53. The number of nitrogens with one attached hydrogen (secondary N) is 1. The number of halogens is 1. The molecule has 1 N–H and O–H groups in total. The number of aliphatic imine (C=N–C) groups is 1. The van der Waals surface area contributed by atoms with Crippen molar-refractivity contribution < 1.29 is 9.47 Å². The molecule has 2 fully saturated rings. The van der Waals surface area contributed by atoms with Crippen molar-refractivity contribution in [3.05, 3.63) is 24.3 Å². The lowest BCUT2D eigenvalue weighted by Gasteiger charge is -2.23. The van der Waals surface area contributed by atoms with E-state index < -0.39 is 0 Å². The quantitative estimate of drug-likeness (QED) is 0.224. The Labute approximate surface area is 193 Å². The maximum atomic E-state index is 5.78. The van der Waals surface area contributed by atoms with Gasteiger partial charge in [0, 0.05) is 46.4 Å². The molecule has 0 spiro atoms. The Balaban J connectivity index is 0.00000300. The van der Waals surface area contributed by atoms with Gasteiger partial charge in [0.1, 0.15) is 5.75 Å². The predicted octanol–water partition coefficient (Wildman–Crippen LogP) is 3.46. The smallest absolute Gasteiger partial charge is 0.193 e. The molecule has 0 bridgehead atoms. The highest BCUT2D eigenvalue weighted by atomic mass is 127. The third kappa shape index (κ3) is 7.51. The summed E-state index contributed by atoms with van der Waals surface area (Å²) in [4.78, 5) is 9.51. The second-order valence-electron chi connectivity index (χ2n) is 7.91. The summed E-state index contributed by atoms with van der Waals surface area (Å²) in [6, 6.07) is 8.27. The van der Waals surface area contributed by atoms with Crippen LogP contribution < -0.4 is 15.0 Å². The summed E-state index contributed by atoms with van der Waals surface area (Å²) in [5.74, 6) is 3.32. The van der Waals surface area contributed by atoms with Gasteiger partial charge in [0.25, 0.3) is 0 Å². The van der Waals surface area contributed by atoms with Crippen LogP contribution in [0, 0.1) is 11.8 Å². The fraction of sp³-hybridized carbons (Fsp3) is 0.682. The summed E-state index contributed by atoms with van der Waals surface area (Å²) in [5, 5.41) is 3.42. The molecule has 1 saturated heterocycles. The number of hydrogen-bond acceptors (Lipinski definition) is 4. The first-order valence-corrected chi connectivity index (χ1v) is 10.7. The average molecular weight is 516 g/mol. The number of anilines is 1. The summed E-state index contributed by atoms with van der Waals surface area (Å²) in [6.07, 6.45) is 3.84. The van der Waals surface area contributed by atoms with Gasteiger partial charge < -0.3 is 24.6 Å². The highest BCUT2D eigenvalue weighted by Gasteiger charge is 2.25. The molecule has 1 saturated carbocycles. The summed E-state index contributed by atoms with van der Waals surface area (Å²) >= 11 is 0. The van der Waals surface area contributed by atoms with E-state index >= 15 is 0 Å². The Morgan fingerprint density at radius 3 is 2.76 bits per heavy atom. The highest BCUT2D eigenvalue weighted by Crippen LogP contribution is 2.32. The van der Waals surface area contributed by atoms with Crippen molar-refractivity contribution in [3.63, 3.8) is 0 Å². The molecule has 3 rings (SSSR count). The third-order valence-corrected chi connectivity index (χ3v) is 5.53. The molecule has 1 aromatic rings. The molecule has 1 aromatic carbocycles. The van der Waals surface area contributed by atoms with Crippen LogP contribution in [0.4, 0.5) is 5.69 Å². The van der Waals surface area contributed by atoms with Gasteiger partial charge in [-0.15, -0.1) is 24.0 Å². The van der Waals surface area contributed by atoms with E-state index in [1.165, 1.54) is 18.5 Å². The second kappa shape index (κ2) is 12.5. The molecule has 29 heavy (non-hydrogen) atoms. The lowest BCUT2D eigenvalue weighted by molar-refractivity contribution is 0.115. The van der Waals surface area contributed by atoms with E-state index in [9.17, 15) is 0 Å². The minimum Gasteiger partial charge on any atom is -0.495 e. The van der Waals surface area contributed by atoms with Crippen LogP contribution in [-0.4, -0.2) is 71.0 Å². The zero-order valence-corrected chi connectivity index (χ0v) is 20.4. The molecule has 1 atom stereocenters. The highest BCUT2D eigenvalue weighted by molar-refractivity contribution is 14.0. The maximum absolute atomic E-state index is 5.78. The van der Waals surface area contributed by atoms with Gasteiger partial charge in [-0.2, -0.15) is 0 Å². The number of rotatable bonds is 10. The lowest BCUT2D eigenvalue weighted by atomic mass is 10.1. The topological polar surface area (TPSA) is 49.3 Å². The average Bonchev–Trinajstić information content (AvgIpc) is 3.43. The number of nitrogens with zero attached hydrogens (tertiary/aromatic N) is 3. The summed E-state index contributed by atoms with van der Waals surface area (Å²) in [5.41, 5.74) is 1.19. The van der Waals surface area contributed by atoms with E-state index in [0.717, 1.165) is 70.0 Å². The number of methoxy groups -OCH3 is 1. The van der Waals surface area contributed by atoms with E-state index in [4.69, 9.17) is 14.5 Å². The Hall–Kier alpha value is -1.22. The van der Waals surface area contributed by atoms with Crippen LogP contribution in [0.2, 0.25) is 0 Å². The van der Waals surface area contributed by atoms with Gasteiger partial charge >= 0.3 is 0 Å². The van der Waals surface area contributed by atoms with E-state index in [2.05, 4.69) is 41.2 Å². The molecule has 0 aromatic heterocycles. The Kier molecular flexibility index (Phi) is 10.3. The predicted molar refractivity (Wildman–Crippen MR) is 131 cm³/mol. The minimum atomic E-state index is 0. The largest absolute Gasteiger partial charge is 0.495 e. The van der Waals surface area contributed by atoms with Gasteiger partial charge in [0.05, 0.1) is 19.4 Å². The number of likely N-dealkylation sites (N-methyl/N-ethyl adjacent to an activating group) is 1. The van der Waals surface area contributed by atoms with E-state index in [1.54, 1.807) is 7.11 Å². The number of guanidine groups is 1. The van der Waals surface area contributed by atoms with Gasteiger partial charge in [-0.05, 0) is 50.2 Å². The van der Waals surface area contributed by atoms with Crippen LogP contribution in [0.5, 0.6) is 5.75 Å². The van der Waals surface area contributed by atoms with Gasteiger partial charge in [0.15, 0.2) is 5.96 Å². The monoisotopic (exact) mass is 516 g/mol. The van der Waals surface area contributed by atoms with E-state index in [-0.39, 0.29) is 24.0 Å². The Morgan fingerprint density at radius 2 is 2.03 bits per heavy atom. The van der Waals surface area contributed by atoms with Crippen molar-refractivity contribution in [2.45, 2.75) is 26.2 Å². The van der Waals surface area contributed by atoms with Crippen LogP contribution in [0.3, 0.4) is 0 Å². The normalized spacial score (nSPS) is 19.1. The van der Waals surface area contributed by atoms with Crippen LogP contribution >= 0.6 is 24.0 Å². The summed E-state index contributed by atoms with van der Waals surface area (Å²) in [7, 11) is 3.83. The summed E-state index contributed by atoms with van der Waals surface area (Å²) < 4.78 is 11.3. The number of benzene rings is 1. The standard InChI is InChI=1S/C22H36N4O2.HI/c1-4-23-22(25(2)13-14-28-17-18-9-10-18)24-15-19-11-12-26(16-19)20-7-5-6-8-21(20)27-3;/h5-8,18-19H,4,9-17H2,1-3H3,(H,23,24);1H. The molecule has 6 nitrogen and oxygen atoms in total. The zero-order valence-electron chi connectivity index (χ0n) is 18.1. The van der Waals surface area contributed by atoms with Crippen molar-refractivity contribution in [2.24, 2.45) is 16.8 Å². The Bertz CT molecular complexity index is 639. The van der Waals surface area contributed by atoms with Crippen molar-refractivity contribution in [3.8, 4) is 5.75 Å². The molecule has 1 aliphatic carbocycles. The van der Waals surface area contributed by atoms with Crippen LogP contribution in [0.25, 0.3) is 0 Å². The van der Waals surface area contributed by atoms with Gasteiger partial charge in [-0.3, -0.25) is 4.99 Å². The molecule has 1 aliphatic heterocycles. The van der Waals surface area contributed by atoms with Crippen molar-refractivity contribution >= 4 is 35.6 Å². The van der Waals surface area contributed by atoms with Gasteiger partial charge in [-0.25, -0.2) is 0 Å². The molecule has 0 radical (unpaired) electrons. The fourth-order valence-corrected chi connectivity index (χ4v) is 3.62. The molecule has 7 heteroatoms.